The van der Waals surface area contributed by atoms with Gasteiger partial charge in [-0.1, -0.05) is 54.1 Å². The Kier molecular flexibility index (Phi) is 5.32. The van der Waals surface area contributed by atoms with Gasteiger partial charge in [0.1, 0.15) is 6.04 Å². The maximum absolute atomic E-state index is 6.07. The molecule has 1 aliphatic heterocycles. The zero-order chi connectivity index (χ0) is 21.2. The summed E-state index contributed by atoms with van der Waals surface area (Å²) in [5, 5.41) is 11.2. The molecule has 2 heterocycles. The van der Waals surface area contributed by atoms with Crippen LogP contribution in [0.2, 0.25) is 5.02 Å². The number of hydrazone groups is 1. The highest BCUT2D eigenvalue weighted by molar-refractivity contribution is 7.80. The zero-order valence-corrected chi connectivity index (χ0v) is 18.0. The molecular weight excluding hydrogens is 426 g/mol. The first kappa shape index (κ1) is 19.6. The standard InChI is InChI=1S/C24H18ClN5S/c25-17-12-10-16(11-13-17)21-14-23(22-15-26-19-8-4-5-9-20(19)28-22)30(29-21)24(31)27-18-6-2-1-3-7-18/h1-13,15,23H,14H2,(H,27,31)/t23-/m1/s1. The fourth-order valence-corrected chi connectivity index (χ4v) is 3.99. The molecule has 0 radical (unpaired) electrons. The lowest BCUT2D eigenvalue weighted by Crippen LogP contribution is -2.31. The molecule has 5 nitrogen and oxygen atoms in total. The summed E-state index contributed by atoms with van der Waals surface area (Å²) in [5.41, 5.74) is 5.37. The summed E-state index contributed by atoms with van der Waals surface area (Å²) in [6.45, 7) is 0. The van der Waals surface area contributed by atoms with E-state index in [1.807, 2.05) is 90.1 Å². The average molecular weight is 444 g/mol. The lowest BCUT2D eigenvalue weighted by molar-refractivity contribution is 0.368. The van der Waals surface area contributed by atoms with Crippen LogP contribution in [0.15, 0.2) is 90.2 Å². The molecule has 152 valence electrons. The molecule has 1 aliphatic rings. The molecule has 7 heteroatoms. The Bertz CT molecular complexity index is 1270. The highest BCUT2D eigenvalue weighted by atomic mass is 35.5. The summed E-state index contributed by atoms with van der Waals surface area (Å²) >= 11 is 11.8. The van der Waals surface area contributed by atoms with Crippen LogP contribution in [0.4, 0.5) is 5.69 Å². The van der Waals surface area contributed by atoms with Gasteiger partial charge in [-0.3, -0.25) is 4.98 Å². The number of aromatic nitrogens is 2. The Morgan fingerprint density at radius 1 is 0.935 bits per heavy atom. The van der Waals surface area contributed by atoms with E-state index in [1.165, 1.54) is 0 Å². The number of nitrogens with one attached hydrogen (secondary N) is 1. The van der Waals surface area contributed by atoms with Gasteiger partial charge < -0.3 is 5.32 Å². The second kappa shape index (κ2) is 8.41. The molecule has 4 aromatic rings. The lowest BCUT2D eigenvalue weighted by Gasteiger charge is -2.24. The quantitative estimate of drug-likeness (QED) is 0.403. The van der Waals surface area contributed by atoms with E-state index in [2.05, 4.69) is 10.3 Å². The van der Waals surface area contributed by atoms with Crippen molar-refractivity contribution in [1.29, 1.82) is 0 Å². The zero-order valence-electron chi connectivity index (χ0n) is 16.4. The minimum atomic E-state index is -0.161. The Labute approximate surface area is 190 Å². The van der Waals surface area contributed by atoms with Crippen LogP contribution in [0.25, 0.3) is 11.0 Å². The molecule has 0 aliphatic carbocycles. The number of fused-ring (bicyclic) bond motifs is 1. The molecule has 0 unspecified atom stereocenters. The van der Waals surface area contributed by atoms with Crippen molar-refractivity contribution in [2.24, 2.45) is 5.10 Å². The normalized spacial score (nSPS) is 15.7. The molecule has 0 saturated heterocycles. The number of para-hydroxylation sites is 3. The van der Waals surface area contributed by atoms with Crippen molar-refractivity contribution in [2.45, 2.75) is 12.5 Å². The van der Waals surface area contributed by atoms with E-state index >= 15 is 0 Å². The van der Waals surface area contributed by atoms with Crippen LogP contribution in [-0.2, 0) is 0 Å². The highest BCUT2D eigenvalue weighted by Gasteiger charge is 2.33. The fraction of sp³-hybridized carbons (Fsp3) is 0.0833. The van der Waals surface area contributed by atoms with Crippen LogP contribution in [0.1, 0.15) is 23.7 Å². The third-order valence-electron chi connectivity index (χ3n) is 5.13. The van der Waals surface area contributed by atoms with Crippen molar-refractivity contribution in [2.75, 3.05) is 5.32 Å². The van der Waals surface area contributed by atoms with E-state index in [9.17, 15) is 0 Å². The summed E-state index contributed by atoms with van der Waals surface area (Å²) in [7, 11) is 0. The predicted molar refractivity (Wildman–Crippen MR) is 129 cm³/mol. The largest absolute Gasteiger partial charge is 0.331 e. The van der Waals surface area contributed by atoms with Gasteiger partial charge in [0.05, 0.1) is 28.6 Å². The maximum atomic E-state index is 6.07. The Balaban J connectivity index is 1.51. The van der Waals surface area contributed by atoms with Crippen LogP contribution in [0, 0.1) is 0 Å². The molecule has 31 heavy (non-hydrogen) atoms. The SMILES string of the molecule is S=C(Nc1ccccc1)N1N=C(c2ccc(Cl)cc2)C[C@@H]1c1cnc2ccccc2n1. The second-order valence-corrected chi connectivity index (χ2v) is 8.02. The molecule has 0 fully saturated rings. The molecule has 1 aromatic heterocycles. The molecule has 5 rings (SSSR count). The van der Waals surface area contributed by atoms with Gasteiger partial charge in [-0.25, -0.2) is 9.99 Å². The Hall–Kier alpha value is -3.35. The van der Waals surface area contributed by atoms with Gasteiger partial charge in [0.15, 0.2) is 5.11 Å². The molecule has 1 N–H and O–H groups in total. The lowest BCUT2D eigenvalue weighted by atomic mass is 10.0. The Morgan fingerprint density at radius 3 is 2.42 bits per heavy atom. The number of thiocarbonyl (C=S) groups is 1. The fourth-order valence-electron chi connectivity index (χ4n) is 3.58. The number of hydrogen-bond donors (Lipinski definition) is 1. The molecule has 0 spiro atoms. The van der Waals surface area contributed by atoms with Crippen LogP contribution in [-0.4, -0.2) is 25.8 Å². The summed E-state index contributed by atoms with van der Waals surface area (Å²) in [6, 6.07) is 25.2. The first-order valence-corrected chi connectivity index (χ1v) is 10.7. The smallest absolute Gasteiger partial charge is 0.194 e. The van der Waals surface area contributed by atoms with Crippen molar-refractivity contribution < 1.29 is 0 Å². The summed E-state index contributed by atoms with van der Waals surface area (Å²) < 4.78 is 0. The molecule has 0 saturated carbocycles. The van der Waals surface area contributed by atoms with Crippen LogP contribution >= 0.6 is 23.8 Å². The average Bonchev–Trinajstić information content (AvgIpc) is 3.26. The monoisotopic (exact) mass is 443 g/mol. The first-order chi connectivity index (χ1) is 15.2. The van der Waals surface area contributed by atoms with Crippen LogP contribution in [0.5, 0.6) is 0 Å². The van der Waals surface area contributed by atoms with Crippen molar-refractivity contribution in [3.63, 3.8) is 0 Å². The topological polar surface area (TPSA) is 53.4 Å². The number of benzene rings is 3. The van der Waals surface area contributed by atoms with E-state index in [0.29, 0.717) is 16.6 Å². The second-order valence-electron chi connectivity index (χ2n) is 7.20. The third kappa shape index (κ3) is 4.13. The van der Waals surface area contributed by atoms with E-state index in [1.54, 1.807) is 0 Å². The molecule has 1 atom stereocenters. The van der Waals surface area contributed by atoms with Gasteiger partial charge in [-0.2, -0.15) is 5.10 Å². The van der Waals surface area contributed by atoms with E-state index in [4.69, 9.17) is 33.9 Å². The van der Waals surface area contributed by atoms with E-state index in [-0.39, 0.29) is 6.04 Å². The van der Waals surface area contributed by atoms with E-state index < -0.39 is 0 Å². The van der Waals surface area contributed by atoms with Gasteiger partial charge in [0.2, 0.25) is 0 Å². The predicted octanol–water partition coefficient (Wildman–Crippen LogP) is 5.83. The first-order valence-electron chi connectivity index (χ1n) is 9.88. The minimum Gasteiger partial charge on any atom is -0.331 e. The van der Waals surface area contributed by atoms with Gasteiger partial charge >= 0.3 is 0 Å². The Morgan fingerprint density at radius 2 is 1.65 bits per heavy atom. The third-order valence-corrected chi connectivity index (χ3v) is 5.67. The molecule has 3 aromatic carbocycles. The van der Waals surface area contributed by atoms with Crippen molar-refractivity contribution in [3.8, 4) is 0 Å². The number of nitrogens with zero attached hydrogens (tertiary/aromatic N) is 4. The van der Waals surface area contributed by atoms with Crippen LogP contribution < -0.4 is 5.32 Å². The summed E-state index contributed by atoms with van der Waals surface area (Å²) in [5.74, 6) is 0. The van der Waals surface area contributed by atoms with Gasteiger partial charge in [-0.05, 0) is 54.2 Å². The summed E-state index contributed by atoms with van der Waals surface area (Å²) in [4.78, 5) is 9.44. The van der Waals surface area contributed by atoms with Gasteiger partial charge in [-0.15, -0.1) is 0 Å². The molecule has 0 bridgehead atoms. The highest BCUT2D eigenvalue weighted by Crippen LogP contribution is 2.33. The number of rotatable bonds is 3. The van der Waals surface area contributed by atoms with Crippen molar-refractivity contribution in [1.82, 2.24) is 15.0 Å². The summed E-state index contributed by atoms with van der Waals surface area (Å²) in [6.07, 6.45) is 2.47. The number of anilines is 1. The van der Waals surface area contributed by atoms with Crippen molar-refractivity contribution >= 4 is 51.4 Å². The van der Waals surface area contributed by atoms with E-state index in [0.717, 1.165) is 33.7 Å². The molecular formula is C24H18ClN5S. The van der Waals surface area contributed by atoms with Gasteiger partial charge in [0.25, 0.3) is 0 Å². The number of hydrogen-bond acceptors (Lipinski definition) is 4. The maximum Gasteiger partial charge on any atom is 0.194 e. The number of halogens is 1. The molecule has 0 amide bonds. The minimum absolute atomic E-state index is 0.161. The van der Waals surface area contributed by atoms with Crippen LogP contribution in [0.3, 0.4) is 0 Å². The van der Waals surface area contributed by atoms with Gasteiger partial charge in [0, 0.05) is 17.1 Å². The van der Waals surface area contributed by atoms with Crippen molar-refractivity contribution in [3.05, 3.63) is 101 Å².